The normalized spacial score (nSPS) is 15.2. The van der Waals surface area contributed by atoms with E-state index < -0.39 is 5.60 Å². The van der Waals surface area contributed by atoms with Crippen molar-refractivity contribution in [3.63, 3.8) is 0 Å². The van der Waals surface area contributed by atoms with Crippen LogP contribution in [0.1, 0.15) is 25.2 Å². The molecule has 0 spiro atoms. The van der Waals surface area contributed by atoms with Crippen molar-refractivity contribution in [2.45, 2.75) is 26.4 Å². The molecular weight excluding hydrogens is 228 g/mol. The number of hydrogen-bond acceptors (Lipinski definition) is 3. The molecule has 1 aromatic carbocycles. The van der Waals surface area contributed by atoms with Gasteiger partial charge in [-0.05, 0) is 31.0 Å². The molecule has 2 aromatic rings. The highest BCUT2D eigenvalue weighted by atomic mass is 16.5. The van der Waals surface area contributed by atoms with Crippen molar-refractivity contribution in [1.82, 2.24) is 0 Å². The van der Waals surface area contributed by atoms with Crippen molar-refractivity contribution in [3.05, 3.63) is 35.6 Å². The summed E-state index contributed by atoms with van der Waals surface area (Å²) < 4.78 is 10.9. The van der Waals surface area contributed by atoms with Crippen LogP contribution in [0.3, 0.4) is 0 Å². The Balaban J connectivity index is 2.51. The van der Waals surface area contributed by atoms with Crippen LogP contribution in [-0.4, -0.2) is 18.8 Å². The van der Waals surface area contributed by atoms with E-state index in [1.807, 2.05) is 39.0 Å². The number of benzene rings is 1. The number of furan rings is 1. The quantitative estimate of drug-likeness (QED) is 0.903. The molecule has 3 heteroatoms. The second kappa shape index (κ2) is 4.75. The van der Waals surface area contributed by atoms with Crippen molar-refractivity contribution >= 4 is 11.0 Å². The molecule has 0 saturated heterocycles. The van der Waals surface area contributed by atoms with Gasteiger partial charge in [-0.1, -0.05) is 25.5 Å². The van der Waals surface area contributed by atoms with Crippen molar-refractivity contribution < 1.29 is 14.3 Å². The zero-order valence-electron chi connectivity index (χ0n) is 11.4. The molecule has 18 heavy (non-hydrogen) atoms. The largest absolute Gasteiger partial charge is 0.458 e. The van der Waals surface area contributed by atoms with Crippen molar-refractivity contribution in [1.29, 1.82) is 0 Å². The van der Waals surface area contributed by atoms with Gasteiger partial charge in [-0.3, -0.25) is 0 Å². The van der Waals surface area contributed by atoms with Crippen molar-refractivity contribution in [2.24, 2.45) is 5.92 Å². The predicted molar refractivity (Wildman–Crippen MR) is 71.6 cm³/mol. The number of hydrogen-bond donors (Lipinski definition) is 1. The summed E-state index contributed by atoms with van der Waals surface area (Å²) in [4.78, 5) is 0. The van der Waals surface area contributed by atoms with E-state index in [1.54, 1.807) is 7.11 Å². The van der Waals surface area contributed by atoms with Gasteiger partial charge < -0.3 is 14.3 Å². The summed E-state index contributed by atoms with van der Waals surface area (Å²) in [6, 6.07) is 7.89. The Morgan fingerprint density at radius 3 is 2.67 bits per heavy atom. The second-order valence-corrected chi connectivity index (χ2v) is 5.16. The van der Waals surface area contributed by atoms with Gasteiger partial charge in [-0.15, -0.1) is 0 Å². The summed E-state index contributed by atoms with van der Waals surface area (Å²) >= 11 is 0. The Labute approximate surface area is 107 Å². The number of aliphatic hydroxyl groups is 1. The van der Waals surface area contributed by atoms with Crippen LogP contribution in [0.25, 0.3) is 11.0 Å². The van der Waals surface area contributed by atoms with Crippen LogP contribution in [-0.2, 0) is 10.3 Å². The van der Waals surface area contributed by atoms with E-state index in [9.17, 15) is 5.11 Å². The molecule has 3 nitrogen and oxygen atoms in total. The van der Waals surface area contributed by atoms with Gasteiger partial charge in [0, 0.05) is 12.5 Å². The molecule has 0 aliphatic rings. The maximum absolute atomic E-state index is 10.7. The maximum atomic E-state index is 10.7. The lowest BCUT2D eigenvalue weighted by Gasteiger charge is -2.29. The zero-order chi connectivity index (χ0) is 13.3. The first-order valence-electron chi connectivity index (χ1n) is 6.19. The van der Waals surface area contributed by atoms with Crippen LogP contribution in [0, 0.1) is 12.8 Å². The third-order valence-corrected chi connectivity index (χ3v) is 3.42. The summed E-state index contributed by atoms with van der Waals surface area (Å²) in [6.45, 7) is 6.17. The predicted octanol–water partition coefficient (Wildman–Crippen LogP) is 3.23. The van der Waals surface area contributed by atoms with E-state index in [1.165, 1.54) is 5.56 Å². The fourth-order valence-electron chi connectivity index (χ4n) is 2.12. The summed E-state index contributed by atoms with van der Waals surface area (Å²) in [7, 11) is 1.58. The molecule has 0 aliphatic carbocycles. The van der Waals surface area contributed by atoms with E-state index in [2.05, 4.69) is 6.07 Å². The molecule has 0 fully saturated rings. The average Bonchev–Trinajstić information content (AvgIpc) is 2.72. The SMILES string of the molecule is COCC(O)(c1cc2cc(C)ccc2o1)C(C)C. The lowest BCUT2D eigenvalue weighted by molar-refractivity contribution is -0.0833. The Hall–Kier alpha value is -1.32. The molecule has 0 amide bonds. The fraction of sp³-hybridized carbons (Fsp3) is 0.467. The fourth-order valence-corrected chi connectivity index (χ4v) is 2.12. The van der Waals surface area contributed by atoms with E-state index in [4.69, 9.17) is 9.15 Å². The number of rotatable bonds is 4. The Bertz CT molecular complexity index is 542. The minimum atomic E-state index is -1.08. The van der Waals surface area contributed by atoms with Crippen molar-refractivity contribution in [2.75, 3.05) is 13.7 Å². The van der Waals surface area contributed by atoms with Gasteiger partial charge in [0.1, 0.15) is 16.9 Å². The Morgan fingerprint density at radius 1 is 1.33 bits per heavy atom. The lowest BCUT2D eigenvalue weighted by Crippen LogP contribution is -2.36. The summed E-state index contributed by atoms with van der Waals surface area (Å²) in [5.41, 5.74) is 0.891. The molecule has 1 unspecified atom stereocenters. The molecule has 1 atom stereocenters. The van der Waals surface area contributed by atoms with Gasteiger partial charge in [0.15, 0.2) is 0 Å². The van der Waals surface area contributed by atoms with Crippen LogP contribution in [0.15, 0.2) is 28.7 Å². The van der Waals surface area contributed by atoms with E-state index in [0.29, 0.717) is 5.76 Å². The molecule has 0 saturated carbocycles. The highest BCUT2D eigenvalue weighted by molar-refractivity contribution is 5.78. The summed E-state index contributed by atoms with van der Waals surface area (Å²) in [5, 5.41) is 11.7. The van der Waals surface area contributed by atoms with Gasteiger partial charge in [-0.2, -0.15) is 0 Å². The summed E-state index contributed by atoms with van der Waals surface area (Å²) in [6.07, 6.45) is 0. The molecule has 0 radical (unpaired) electrons. The molecular formula is C15H20O3. The molecule has 1 heterocycles. The number of methoxy groups -OCH3 is 1. The first-order chi connectivity index (χ1) is 8.47. The maximum Gasteiger partial charge on any atom is 0.147 e. The smallest absolute Gasteiger partial charge is 0.147 e. The van der Waals surface area contributed by atoms with Gasteiger partial charge >= 0.3 is 0 Å². The van der Waals surface area contributed by atoms with Crippen molar-refractivity contribution in [3.8, 4) is 0 Å². The second-order valence-electron chi connectivity index (χ2n) is 5.16. The first-order valence-corrected chi connectivity index (χ1v) is 6.19. The van der Waals surface area contributed by atoms with Gasteiger partial charge in [0.25, 0.3) is 0 Å². The topological polar surface area (TPSA) is 42.6 Å². The minimum Gasteiger partial charge on any atom is -0.458 e. The van der Waals surface area contributed by atoms with Gasteiger partial charge in [0.2, 0.25) is 0 Å². The average molecular weight is 248 g/mol. The van der Waals surface area contributed by atoms with Gasteiger partial charge in [-0.25, -0.2) is 0 Å². The highest BCUT2D eigenvalue weighted by Crippen LogP contribution is 2.34. The Morgan fingerprint density at radius 2 is 2.06 bits per heavy atom. The van der Waals surface area contributed by atoms with E-state index >= 15 is 0 Å². The summed E-state index contributed by atoms with van der Waals surface area (Å²) in [5.74, 6) is 0.582. The third-order valence-electron chi connectivity index (χ3n) is 3.42. The molecule has 98 valence electrons. The first kappa shape index (κ1) is 13.1. The lowest BCUT2D eigenvalue weighted by atomic mass is 9.88. The minimum absolute atomic E-state index is 0.0131. The van der Waals surface area contributed by atoms with Crippen LogP contribution in [0.2, 0.25) is 0 Å². The number of aryl methyl sites for hydroxylation is 1. The number of ether oxygens (including phenoxy) is 1. The zero-order valence-corrected chi connectivity index (χ0v) is 11.4. The van der Waals surface area contributed by atoms with Crippen LogP contribution < -0.4 is 0 Å². The molecule has 1 aromatic heterocycles. The molecule has 0 bridgehead atoms. The van der Waals surface area contributed by atoms with Crippen LogP contribution in [0.4, 0.5) is 0 Å². The van der Waals surface area contributed by atoms with Gasteiger partial charge in [0.05, 0.1) is 6.61 Å². The Kier molecular flexibility index (Phi) is 3.46. The van der Waals surface area contributed by atoms with Crippen LogP contribution >= 0.6 is 0 Å². The van der Waals surface area contributed by atoms with Crippen LogP contribution in [0.5, 0.6) is 0 Å². The highest BCUT2D eigenvalue weighted by Gasteiger charge is 2.36. The van der Waals surface area contributed by atoms with E-state index in [0.717, 1.165) is 11.0 Å². The third kappa shape index (κ3) is 2.16. The number of fused-ring (bicyclic) bond motifs is 1. The standard InChI is InChI=1S/C15H20O3/c1-10(2)15(16,9-17-4)14-8-12-7-11(3)5-6-13(12)18-14/h5-8,10,16H,9H2,1-4H3. The molecule has 1 N–H and O–H groups in total. The monoisotopic (exact) mass is 248 g/mol. The molecule has 2 rings (SSSR count). The van der Waals surface area contributed by atoms with E-state index in [-0.39, 0.29) is 12.5 Å². The molecule has 0 aliphatic heterocycles.